The standard InChI is InChI=1S/C18H20N2O2/c1-12-5-4-7-14(11-12)19-20-18(22)17-15-8-3-2-6-13(15)9-10-16(17)21/h2-3,6,8-10,12,21H,4-5,7,11H2,1H3,(H,20,22)/b19-14+. The van der Waals surface area contributed by atoms with E-state index < -0.39 is 0 Å². The van der Waals surface area contributed by atoms with E-state index in [-0.39, 0.29) is 17.2 Å². The van der Waals surface area contributed by atoms with Gasteiger partial charge in [0.25, 0.3) is 5.91 Å². The zero-order chi connectivity index (χ0) is 15.5. The van der Waals surface area contributed by atoms with Crippen molar-refractivity contribution in [3.8, 4) is 5.75 Å². The highest BCUT2D eigenvalue weighted by atomic mass is 16.3. The molecule has 1 aliphatic carbocycles. The zero-order valence-corrected chi connectivity index (χ0v) is 12.7. The number of hydrogen-bond acceptors (Lipinski definition) is 3. The van der Waals surface area contributed by atoms with Crippen LogP contribution in [-0.4, -0.2) is 16.7 Å². The Kier molecular flexibility index (Phi) is 4.09. The summed E-state index contributed by atoms with van der Waals surface area (Å²) in [6.07, 6.45) is 4.21. The normalized spacial score (nSPS) is 20.2. The number of phenolic OH excluding ortho intramolecular Hbond substituents is 1. The molecule has 1 atom stereocenters. The smallest absolute Gasteiger partial charge is 0.275 e. The molecule has 1 saturated carbocycles. The van der Waals surface area contributed by atoms with Crippen molar-refractivity contribution in [2.75, 3.05) is 0 Å². The van der Waals surface area contributed by atoms with Crippen LogP contribution in [-0.2, 0) is 0 Å². The van der Waals surface area contributed by atoms with Gasteiger partial charge in [-0.25, -0.2) is 5.43 Å². The monoisotopic (exact) mass is 296 g/mol. The number of phenols is 1. The summed E-state index contributed by atoms with van der Waals surface area (Å²) < 4.78 is 0. The molecule has 1 unspecified atom stereocenters. The first-order valence-electron chi connectivity index (χ1n) is 7.71. The Bertz CT molecular complexity index is 737. The van der Waals surface area contributed by atoms with Gasteiger partial charge >= 0.3 is 0 Å². The van der Waals surface area contributed by atoms with E-state index in [0.717, 1.165) is 35.7 Å². The Morgan fingerprint density at radius 2 is 2.09 bits per heavy atom. The predicted molar refractivity (Wildman–Crippen MR) is 88.1 cm³/mol. The summed E-state index contributed by atoms with van der Waals surface area (Å²) in [6, 6.07) is 10.9. The molecule has 2 aromatic carbocycles. The first-order chi connectivity index (χ1) is 10.6. The van der Waals surface area contributed by atoms with Crippen molar-refractivity contribution < 1.29 is 9.90 Å². The molecule has 0 aromatic heterocycles. The van der Waals surface area contributed by atoms with E-state index in [1.807, 2.05) is 24.3 Å². The topological polar surface area (TPSA) is 61.7 Å². The molecule has 0 bridgehead atoms. The minimum absolute atomic E-state index is 0.0200. The Morgan fingerprint density at radius 1 is 1.27 bits per heavy atom. The largest absolute Gasteiger partial charge is 0.507 e. The van der Waals surface area contributed by atoms with Crippen LogP contribution in [0, 0.1) is 5.92 Å². The first-order valence-corrected chi connectivity index (χ1v) is 7.71. The second kappa shape index (κ2) is 6.18. The van der Waals surface area contributed by atoms with E-state index in [2.05, 4.69) is 17.5 Å². The van der Waals surface area contributed by atoms with Crippen LogP contribution in [0.1, 0.15) is 43.0 Å². The predicted octanol–water partition coefficient (Wildman–Crippen LogP) is 3.84. The quantitative estimate of drug-likeness (QED) is 0.827. The molecule has 22 heavy (non-hydrogen) atoms. The third-order valence-electron chi connectivity index (χ3n) is 4.20. The molecule has 0 radical (unpaired) electrons. The minimum atomic E-state index is -0.361. The molecule has 1 aliphatic rings. The highest BCUT2D eigenvalue weighted by Crippen LogP contribution is 2.27. The van der Waals surface area contributed by atoms with Gasteiger partial charge in [-0.05, 0) is 48.4 Å². The van der Waals surface area contributed by atoms with Gasteiger partial charge in [-0.2, -0.15) is 5.10 Å². The average Bonchev–Trinajstić information content (AvgIpc) is 2.52. The fraction of sp³-hybridized carbons (Fsp3) is 0.333. The van der Waals surface area contributed by atoms with Gasteiger partial charge in [0.2, 0.25) is 0 Å². The van der Waals surface area contributed by atoms with Crippen LogP contribution in [0.25, 0.3) is 10.8 Å². The van der Waals surface area contributed by atoms with Crippen molar-refractivity contribution in [2.45, 2.75) is 32.6 Å². The lowest BCUT2D eigenvalue weighted by Crippen LogP contribution is -2.22. The molecule has 3 rings (SSSR count). The number of nitrogens with one attached hydrogen (secondary N) is 1. The summed E-state index contributed by atoms with van der Waals surface area (Å²) in [5.74, 6) is 0.240. The summed E-state index contributed by atoms with van der Waals surface area (Å²) in [5.41, 5.74) is 3.93. The van der Waals surface area contributed by atoms with Gasteiger partial charge in [-0.3, -0.25) is 4.79 Å². The fourth-order valence-electron chi connectivity index (χ4n) is 3.05. The number of hydrazone groups is 1. The van der Waals surface area contributed by atoms with Crippen molar-refractivity contribution in [3.63, 3.8) is 0 Å². The first kappa shape index (κ1) is 14.6. The molecule has 0 spiro atoms. The van der Waals surface area contributed by atoms with Crippen molar-refractivity contribution in [1.29, 1.82) is 0 Å². The van der Waals surface area contributed by atoms with Crippen LogP contribution in [0.15, 0.2) is 41.5 Å². The van der Waals surface area contributed by atoms with Crippen LogP contribution in [0.5, 0.6) is 5.75 Å². The molecule has 4 nitrogen and oxygen atoms in total. The molecule has 1 amide bonds. The molecule has 0 heterocycles. The lowest BCUT2D eigenvalue weighted by Gasteiger charge is -2.19. The van der Waals surface area contributed by atoms with Crippen LogP contribution < -0.4 is 5.43 Å². The average molecular weight is 296 g/mol. The maximum absolute atomic E-state index is 12.4. The second-order valence-electron chi connectivity index (χ2n) is 6.00. The fourth-order valence-corrected chi connectivity index (χ4v) is 3.05. The maximum Gasteiger partial charge on any atom is 0.275 e. The van der Waals surface area contributed by atoms with Crippen LogP contribution >= 0.6 is 0 Å². The van der Waals surface area contributed by atoms with Crippen molar-refractivity contribution in [2.24, 2.45) is 11.0 Å². The van der Waals surface area contributed by atoms with Gasteiger partial charge in [0.15, 0.2) is 0 Å². The second-order valence-corrected chi connectivity index (χ2v) is 6.00. The van der Waals surface area contributed by atoms with E-state index in [9.17, 15) is 9.90 Å². The highest BCUT2D eigenvalue weighted by molar-refractivity contribution is 6.09. The number of aromatic hydroxyl groups is 1. The summed E-state index contributed by atoms with van der Waals surface area (Å²) >= 11 is 0. The summed E-state index contributed by atoms with van der Waals surface area (Å²) in [6.45, 7) is 2.20. The third kappa shape index (κ3) is 2.96. The van der Waals surface area contributed by atoms with Gasteiger partial charge in [-0.1, -0.05) is 37.3 Å². The number of nitrogens with zero attached hydrogens (tertiary/aromatic N) is 1. The Hall–Kier alpha value is -2.36. The Morgan fingerprint density at radius 3 is 2.91 bits per heavy atom. The molecule has 4 heteroatoms. The molecule has 2 N–H and O–H groups in total. The van der Waals surface area contributed by atoms with Gasteiger partial charge in [0.05, 0.1) is 5.56 Å². The number of carbonyl (C=O) groups excluding carboxylic acids is 1. The number of carbonyl (C=O) groups is 1. The minimum Gasteiger partial charge on any atom is -0.507 e. The van der Waals surface area contributed by atoms with Gasteiger partial charge in [0, 0.05) is 5.71 Å². The van der Waals surface area contributed by atoms with Crippen LogP contribution in [0.2, 0.25) is 0 Å². The SMILES string of the molecule is CC1CCC/C(=N\NC(=O)c2c(O)ccc3ccccc23)C1. The molecule has 2 aromatic rings. The van der Waals surface area contributed by atoms with E-state index in [0.29, 0.717) is 5.92 Å². The maximum atomic E-state index is 12.4. The van der Waals surface area contributed by atoms with E-state index >= 15 is 0 Å². The lowest BCUT2D eigenvalue weighted by molar-refractivity contribution is 0.0953. The van der Waals surface area contributed by atoms with E-state index in [1.165, 1.54) is 6.42 Å². The summed E-state index contributed by atoms with van der Waals surface area (Å²) in [4.78, 5) is 12.4. The van der Waals surface area contributed by atoms with Gasteiger partial charge in [-0.15, -0.1) is 0 Å². The molecule has 0 aliphatic heterocycles. The number of benzene rings is 2. The van der Waals surface area contributed by atoms with Crippen LogP contribution in [0.3, 0.4) is 0 Å². The van der Waals surface area contributed by atoms with Crippen molar-refractivity contribution in [3.05, 3.63) is 42.0 Å². The Labute approximate surface area is 129 Å². The van der Waals surface area contributed by atoms with Crippen LogP contribution in [0.4, 0.5) is 0 Å². The highest BCUT2D eigenvalue weighted by Gasteiger charge is 2.17. The van der Waals surface area contributed by atoms with E-state index in [1.54, 1.807) is 12.1 Å². The zero-order valence-electron chi connectivity index (χ0n) is 12.7. The lowest BCUT2D eigenvalue weighted by atomic mass is 9.89. The Balaban J connectivity index is 1.86. The van der Waals surface area contributed by atoms with Gasteiger partial charge in [0.1, 0.15) is 5.75 Å². The summed E-state index contributed by atoms with van der Waals surface area (Å²) in [7, 11) is 0. The number of amides is 1. The van der Waals surface area contributed by atoms with Crippen molar-refractivity contribution in [1.82, 2.24) is 5.43 Å². The van der Waals surface area contributed by atoms with Gasteiger partial charge < -0.3 is 5.11 Å². The molecule has 1 fully saturated rings. The van der Waals surface area contributed by atoms with E-state index in [4.69, 9.17) is 0 Å². The third-order valence-corrected chi connectivity index (χ3v) is 4.20. The molecule has 114 valence electrons. The molecular formula is C18H20N2O2. The number of fused-ring (bicyclic) bond motifs is 1. The number of rotatable bonds is 2. The number of hydrogen-bond donors (Lipinski definition) is 2. The van der Waals surface area contributed by atoms with Crippen molar-refractivity contribution >= 4 is 22.4 Å². The molecular weight excluding hydrogens is 276 g/mol. The molecule has 0 saturated heterocycles. The summed E-state index contributed by atoms with van der Waals surface area (Å²) in [5, 5.41) is 16.0.